The third-order valence-electron chi connectivity index (χ3n) is 3.30. The maximum Gasteiger partial charge on any atom is 0.413 e. The zero-order valence-electron chi connectivity index (χ0n) is 13.8. The van der Waals surface area contributed by atoms with Crippen molar-refractivity contribution in [3.63, 3.8) is 0 Å². The molecule has 0 spiro atoms. The predicted octanol–water partition coefficient (Wildman–Crippen LogP) is 1.53. The molecule has 0 aliphatic heterocycles. The van der Waals surface area contributed by atoms with Crippen LogP contribution in [0.2, 0.25) is 0 Å². The van der Waals surface area contributed by atoms with Gasteiger partial charge in [-0.3, -0.25) is 9.50 Å². The van der Waals surface area contributed by atoms with Gasteiger partial charge in [0.15, 0.2) is 5.96 Å². The summed E-state index contributed by atoms with van der Waals surface area (Å²) in [7, 11) is -2.55. The lowest BCUT2D eigenvalue weighted by Crippen LogP contribution is -2.37. The molecule has 0 saturated carbocycles. The minimum atomic E-state index is -3.74. The first kappa shape index (κ1) is 18.7. The maximum absolute atomic E-state index is 11.6. The van der Waals surface area contributed by atoms with Crippen LogP contribution in [0.3, 0.4) is 0 Å². The largest absolute Gasteiger partial charge is 0.453 e. The van der Waals surface area contributed by atoms with Gasteiger partial charge in [-0.05, 0) is 16.3 Å². The molecular formula is C16H19N3O5S. The van der Waals surface area contributed by atoms with E-state index in [0.29, 0.717) is 5.56 Å². The molecule has 8 nitrogen and oxygen atoms in total. The standard InChI is InChI=1S/C16H19N3O5S/c1-23-16(20)19-15(17)18-10-14(24-25(2,21)22)13-9-5-7-11-6-3-4-8-12(11)13/h3-9,14H,10H2,1-2H3,(H3,17,18,19,20). The van der Waals surface area contributed by atoms with Gasteiger partial charge < -0.3 is 10.5 Å². The number of nitrogens with two attached hydrogens (primary N) is 1. The Hall–Kier alpha value is -2.65. The highest BCUT2D eigenvalue weighted by atomic mass is 32.2. The molecule has 2 rings (SSSR count). The maximum atomic E-state index is 11.6. The zero-order valence-corrected chi connectivity index (χ0v) is 14.6. The van der Waals surface area contributed by atoms with Gasteiger partial charge in [0.25, 0.3) is 10.1 Å². The van der Waals surface area contributed by atoms with E-state index in [1.807, 2.05) is 30.3 Å². The fraction of sp³-hybridized carbons (Fsp3) is 0.250. The summed E-state index contributed by atoms with van der Waals surface area (Å²) in [5.74, 6) is -0.200. The Kier molecular flexibility index (Phi) is 5.94. The van der Waals surface area contributed by atoms with E-state index >= 15 is 0 Å². The molecule has 2 aromatic carbocycles. The van der Waals surface area contributed by atoms with Crippen molar-refractivity contribution in [2.75, 3.05) is 19.9 Å². The summed E-state index contributed by atoms with van der Waals surface area (Å²) < 4.78 is 32.8. The molecule has 0 saturated heterocycles. The van der Waals surface area contributed by atoms with Crippen LogP contribution in [0.25, 0.3) is 10.8 Å². The minimum Gasteiger partial charge on any atom is -0.453 e. The Morgan fingerprint density at radius 2 is 1.92 bits per heavy atom. The summed E-state index contributed by atoms with van der Waals surface area (Å²) in [4.78, 5) is 15.1. The van der Waals surface area contributed by atoms with E-state index in [4.69, 9.17) is 9.92 Å². The SMILES string of the molecule is COC(=O)NC(N)=NCC(OS(C)(=O)=O)c1cccc2ccccc12. The summed E-state index contributed by atoms with van der Waals surface area (Å²) in [5.41, 5.74) is 6.24. The molecule has 0 aromatic heterocycles. The molecule has 0 fully saturated rings. The molecule has 0 bridgehead atoms. The van der Waals surface area contributed by atoms with Gasteiger partial charge >= 0.3 is 6.09 Å². The number of guanidine groups is 1. The number of benzene rings is 2. The number of nitrogens with zero attached hydrogens (tertiary/aromatic N) is 1. The van der Waals surface area contributed by atoms with Crippen LogP contribution in [0, 0.1) is 0 Å². The van der Waals surface area contributed by atoms with Crippen molar-refractivity contribution in [3.8, 4) is 0 Å². The van der Waals surface area contributed by atoms with E-state index in [0.717, 1.165) is 17.0 Å². The first-order valence-corrected chi connectivity index (χ1v) is 9.12. The number of carbonyl (C=O) groups is 1. The van der Waals surface area contributed by atoms with Gasteiger partial charge in [0.2, 0.25) is 0 Å². The molecule has 134 valence electrons. The first-order chi connectivity index (χ1) is 11.8. The summed E-state index contributed by atoms with van der Waals surface area (Å²) >= 11 is 0. The van der Waals surface area contributed by atoms with Crippen molar-refractivity contribution in [1.29, 1.82) is 0 Å². The third kappa shape index (κ3) is 5.44. The number of ether oxygens (including phenoxy) is 1. The molecule has 0 heterocycles. The van der Waals surface area contributed by atoms with Crippen LogP contribution in [0.5, 0.6) is 0 Å². The summed E-state index contributed by atoms with van der Waals surface area (Å²) in [5, 5.41) is 3.98. The lowest BCUT2D eigenvalue weighted by molar-refractivity contribution is 0.176. The Morgan fingerprint density at radius 1 is 1.24 bits per heavy atom. The molecule has 1 atom stereocenters. The number of rotatable bonds is 5. The van der Waals surface area contributed by atoms with E-state index in [2.05, 4.69) is 15.0 Å². The normalized spacial score (nSPS) is 13.4. The van der Waals surface area contributed by atoms with Crippen molar-refractivity contribution >= 4 is 32.9 Å². The molecular weight excluding hydrogens is 346 g/mol. The predicted molar refractivity (Wildman–Crippen MR) is 94.6 cm³/mol. The summed E-state index contributed by atoms with van der Waals surface area (Å²) in [6.45, 7) is -0.100. The van der Waals surface area contributed by atoms with Crippen LogP contribution in [0.4, 0.5) is 4.79 Å². The zero-order chi connectivity index (χ0) is 18.4. The molecule has 3 N–H and O–H groups in total. The second-order valence-electron chi connectivity index (χ2n) is 5.20. The summed E-state index contributed by atoms with van der Waals surface area (Å²) in [6.07, 6.45) is -0.698. The highest BCUT2D eigenvalue weighted by Gasteiger charge is 2.20. The van der Waals surface area contributed by atoms with E-state index in [-0.39, 0.29) is 12.5 Å². The first-order valence-electron chi connectivity index (χ1n) is 7.31. The number of aliphatic imine (C=N–C) groups is 1. The average Bonchev–Trinajstić information content (AvgIpc) is 2.57. The van der Waals surface area contributed by atoms with E-state index < -0.39 is 22.3 Å². The molecule has 0 radical (unpaired) electrons. The molecule has 1 amide bonds. The Morgan fingerprint density at radius 3 is 2.60 bits per heavy atom. The highest BCUT2D eigenvalue weighted by molar-refractivity contribution is 7.86. The molecule has 2 aromatic rings. The van der Waals surface area contributed by atoms with Gasteiger partial charge in [0.1, 0.15) is 6.10 Å². The monoisotopic (exact) mass is 365 g/mol. The van der Waals surface area contributed by atoms with Crippen molar-refractivity contribution in [2.24, 2.45) is 10.7 Å². The van der Waals surface area contributed by atoms with Crippen LogP contribution in [0.1, 0.15) is 11.7 Å². The van der Waals surface area contributed by atoms with Crippen LogP contribution in [-0.4, -0.2) is 40.4 Å². The molecule has 9 heteroatoms. The van der Waals surface area contributed by atoms with Gasteiger partial charge in [0.05, 0.1) is 19.9 Å². The smallest absolute Gasteiger partial charge is 0.413 e. The Balaban J connectivity index is 2.36. The van der Waals surface area contributed by atoms with Gasteiger partial charge in [-0.25, -0.2) is 9.79 Å². The fourth-order valence-electron chi connectivity index (χ4n) is 2.30. The number of fused-ring (bicyclic) bond motifs is 1. The van der Waals surface area contributed by atoms with Gasteiger partial charge in [-0.2, -0.15) is 8.42 Å². The van der Waals surface area contributed by atoms with E-state index in [1.165, 1.54) is 7.11 Å². The van der Waals surface area contributed by atoms with Crippen LogP contribution < -0.4 is 11.1 Å². The van der Waals surface area contributed by atoms with E-state index in [9.17, 15) is 13.2 Å². The average molecular weight is 365 g/mol. The van der Waals surface area contributed by atoms with Gasteiger partial charge in [-0.1, -0.05) is 42.5 Å². The molecule has 25 heavy (non-hydrogen) atoms. The highest BCUT2D eigenvalue weighted by Crippen LogP contribution is 2.28. The second-order valence-corrected chi connectivity index (χ2v) is 6.80. The lowest BCUT2D eigenvalue weighted by Gasteiger charge is -2.17. The van der Waals surface area contributed by atoms with Gasteiger partial charge in [0, 0.05) is 0 Å². The number of carbonyl (C=O) groups excluding carboxylic acids is 1. The minimum absolute atomic E-state index is 0.100. The Labute approximate surface area is 145 Å². The lowest BCUT2D eigenvalue weighted by atomic mass is 10.0. The number of nitrogens with one attached hydrogen (secondary N) is 1. The molecule has 0 aliphatic rings. The van der Waals surface area contributed by atoms with Crippen LogP contribution in [-0.2, 0) is 19.0 Å². The number of methoxy groups -OCH3 is 1. The Bertz CT molecular complexity index is 890. The van der Waals surface area contributed by atoms with Crippen molar-refractivity contribution in [3.05, 3.63) is 48.0 Å². The molecule has 1 unspecified atom stereocenters. The van der Waals surface area contributed by atoms with Gasteiger partial charge in [-0.15, -0.1) is 0 Å². The second kappa shape index (κ2) is 7.95. The van der Waals surface area contributed by atoms with Crippen molar-refractivity contribution in [1.82, 2.24) is 5.32 Å². The van der Waals surface area contributed by atoms with Crippen LogP contribution in [0.15, 0.2) is 47.5 Å². The van der Waals surface area contributed by atoms with E-state index in [1.54, 1.807) is 12.1 Å². The van der Waals surface area contributed by atoms with Crippen molar-refractivity contribution in [2.45, 2.75) is 6.10 Å². The van der Waals surface area contributed by atoms with Crippen LogP contribution >= 0.6 is 0 Å². The number of alkyl carbamates (subject to hydrolysis) is 1. The topological polar surface area (TPSA) is 120 Å². The fourth-order valence-corrected chi connectivity index (χ4v) is 2.89. The quantitative estimate of drug-likeness (QED) is 0.471. The number of hydrogen-bond acceptors (Lipinski definition) is 6. The third-order valence-corrected chi connectivity index (χ3v) is 3.89. The number of hydrogen-bond donors (Lipinski definition) is 2. The molecule has 0 aliphatic carbocycles. The summed E-state index contributed by atoms with van der Waals surface area (Å²) in [6, 6.07) is 13.0. The van der Waals surface area contributed by atoms with Crippen molar-refractivity contribution < 1.29 is 22.1 Å². The number of amides is 1.